The Hall–Kier alpha value is -1.86. The van der Waals surface area contributed by atoms with E-state index in [0.29, 0.717) is 17.7 Å². The monoisotopic (exact) mass is 232 g/mol. The van der Waals surface area contributed by atoms with Crippen molar-refractivity contribution in [2.24, 2.45) is 0 Å². The fourth-order valence-electron chi connectivity index (χ4n) is 1.28. The third kappa shape index (κ3) is 3.05. The second kappa shape index (κ2) is 4.98. The highest BCUT2D eigenvalue weighted by molar-refractivity contribution is 5.97. The van der Waals surface area contributed by atoms with Gasteiger partial charge in [0, 0.05) is 0 Å². The highest BCUT2D eigenvalue weighted by atomic mass is 16.3. The molecule has 0 aliphatic rings. The molecule has 1 aromatic rings. The maximum absolute atomic E-state index is 11.7. The van der Waals surface area contributed by atoms with Gasteiger partial charge in [0.2, 0.25) is 0 Å². The predicted molar refractivity (Wildman–Crippen MR) is 65.4 cm³/mol. The van der Waals surface area contributed by atoms with Crippen molar-refractivity contribution >= 4 is 11.6 Å². The maximum atomic E-state index is 11.7. The van der Waals surface area contributed by atoms with E-state index in [9.17, 15) is 9.90 Å². The fraction of sp³-hybridized carbons (Fsp3) is 0.385. The minimum absolute atomic E-state index is 0.312. The number of rotatable bonds is 3. The molecular formula is C13H16N2O2. The number of anilines is 1. The van der Waals surface area contributed by atoms with Crippen molar-refractivity contribution in [3.05, 3.63) is 29.3 Å². The number of carbonyl (C=O) groups excluding carboxylic acids is 1. The molecule has 0 fully saturated rings. The molecule has 0 aliphatic carbocycles. The van der Waals surface area contributed by atoms with Gasteiger partial charge in [-0.05, 0) is 38.0 Å². The molecule has 4 nitrogen and oxygen atoms in total. The van der Waals surface area contributed by atoms with E-state index < -0.39 is 11.5 Å². The molecule has 1 rings (SSSR count). The molecule has 0 saturated carbocycles. The van der Waals surface area contributed by atoms with Crippen molar-refractivity contribution in [3.8, 4) is 6.07 Å². The van der Waals surface area contributed by atoms with Crippen LogP contribution in [0.1, 0.15) is 31.4 Å². The summed E-state index contributed by atoms with van der Waals surface area (Å²) in [7, 11) is 0. The predicted octanol–water partition coefficient (Wildman–Crippen LogP) is 1.97. The lowest BCUT2D eigenvalue weighted by Crippen LogP contribution is -2.39. The summed E-state index contributed by atoms with van der Waals surface area (Å²) in [5.41, 5.74) is 0.348. The summed E-state index contributed by atoms with van der Waals surface area (Å²) in [5.74, 6) is -0.500. The number of nitrogens with zero attached hydrogens (tertiary/aromatic N) is 1. The maximum Gasteiger partial charge on any atom is 0.256 e. The van der Waals surface area contributed by atoms with Crippen LogP contribution in [0, 0.1) is 18.3 Å². The molecular weight excluding hydrogens is 216 g/mol. The van der Waals surface area contributed by atoms with Crippen molar-refractivity contribution in [2.45, 2.75) is 32.8 Å². The Balaban J connectivity index is 2.97. The third-order valence-electron chi connectivity index (χ3n) is 2.72. The summed E-state index contributed by atoms with van der Waals surface area (Å²) < 4.78 is 0. The first-order valence-electron chi connectivity index (χ1n) is 5.45. The number of hydrogen-bond donors (Lipinski definition) is 2. The Bertz CT molecular complexity index is 473. The zero-order valence-corrected chi connectivity index (χ0v) is 10.2. The molecule has 0 heterocycles. The number of nitrogens with one attached hydrogen (secondary N) is 1. The number of nitriles is 1. The lowest BCUT2D eigenvalue weighted by molar-refractivity contribution is -0.132. The molecule has 0 bridgehead atoms. The van der Waals surface area contributed by atoms with E-state index in [4.69, 9.17) is 5.26 Å². The van der Waals surface area contributed by atoms with Gasteiger partial charge in [-0.2, -0.15) is 5.26 Å². The molecule has 0 aromatic heterocycles. The summed E-state index contributed by atoms with van der Waals surface area (Å²) in [6, 6.07) is 7.17. The van der Waals surface area contributed by atoms with Crippen LogP contribution in [-0.2, 0) is 4.79 Å². The average Bonchev–Trinajstić information content (AvgIpc) is 2.31. The lowest BCUT2D eigenvalue weighted by atomic mass is 10.0. The van der Waals surface area contributed by atoms with Gasteiger partial charge in [0.05, 0.1) is 11.3 Å². The minimum Gasteiger partial charge on any atom is -0.380 e. The van der Waals surface area contributed by atoms with Crippen LogP contribution < -0.4 is 5.32 Å². The molecule has 2 N–H and O–H groups in total. The first-order chi connectivity index (χ1) is 7.90. The molecule has 1 amide bonds. The van der Waals surface area contributed by atoms with Crippen molar-refractivity contribution in [1.82, 2.24) is 0 Å². The largest absolute Gasteiger partial charge is 0.380 e. The Morgan fingerprint density at radius 3 is 2.76 bits per heavy atom. The van der Waals surface area contributed by atoms with Crippen LogP contribution in [0.4, 0.5) is 5.69 Å². The molecule has 4 heteroatoms. The normalized spacial score (nSPS) is 13.6. The van der Waals surface area contributed by atoms with E-state index in [1.54, 1.807) is 25.1 Å². The first-order valence-corrected chi connectivity index (χ1v) is 5.45. The summed E-state index contributed by atoms with van der Waals surface area (Å²) >= 11 is 0. The van der Waals surface area contributed by atoms with Gasteiger partial charge in [0.15, 0.2) is 0 Å². The van der Waals surface area contributed by atoms with Gasteiger partial charge < -0.3 is 10.4 Å². The first kappa shape index (κ1) is 13.2. The molecule has 0 aliphatic heterocycles. The van der Waals surface area contributed by atoms with Crippen molar-refractivity contribution in [2.75, 3.05) is 5.32 Å². The topological polar surface area (TPSA) is 73.1 Å². The summed E-state index contributed by atoms with van der Waals surface area (Å²) in [6.45, 7) is 5.04. The van der Waals surface area contributed by atoms with Gasteiger partial charge in [-0.1, -0.05) is 13.0 Å². The average molecular weight is 232 g/mol. The van der Waals surface area contributed by atoms with E-state index in [0.717, 1.165) is 5.56 Å². The van der Waals surface area contributed by atoms with Crippen LogP contribution in [-0.4, -0.2) is 16.6 Å². The van der Waals surface area contributed by atoms with Crippen LogP contribution >= 0.6 is 0 Å². The molecule has 0 radical (unpaired) electrons. The number of benzene rings is 1. The van der Waals surface area contributed by atoms with E-state index in [2.05, 4.69) is 5.32 Å². The smallest absolute Gasteiger partial charge is 0.256 e. The van der Waals surface area contributed by atoms with Crippen molar-refractivity contribution in [1.29, 1.82) is 5.26 Å². The standard InChI is InChI=1S/C13H16N2O2/c1-4-13(3,17)12(16)15-11-6-5-9(2)7-10(11)8-14/h5-7,17H,4H2,1-3H3,(H,15,16). The van der Waals surface area contributed by atoms with Crippen LogP contribution in [0.2, 0.25) is 0 Å². The van der Waals surface area contributed by atoms with E-state index in [1.165, 1.54) is 6.92 Å². The second-order valence-electron chi connectivity index (χ2n) is 4.24. The summed E-state index contributed by atoms with van der Waals surface area (Å²) in [4.78, 5) is 11.7. The Labute approximate surface area is 101 Å². The van der Waals surface area contributed by atoms with Crippen LogP contribution in [0.3, 0.4) is 0 Å². The molecule has 90 valence electrons. The number of aryl methyl sites for hydroxylation is 1. The Morgan fingerprint density at radius 1 is 1.59 bits per heavy atom. The van der Waals surface area contributed by atoms with E-state index in [1.807, 2.05) is 13.0 Å². The minimum atomic E-state index is -1.42. The van der Waals surface area contributed by atoms with Gasteiger partial charge in [-0.15, -0.1) is 0 Å². The number of hydrogen-bond acceptors (Lipinski definition) is 3. The highest BCUT2D eigenvalue weighted by Gasteiger charge is 2.28. The van der Waals surface area contributed by atoms with Gasteiger partial charge in [-0.3, -0.25) is 4.79 Å². The second-order valence-corrected chi connectivity index (χ2v) is 4.24. The van der Waals surface area contributed by atoms with Gasteiger partial charge >= 0.3 is 0 Å². The van der Waals surface area contributed by atoms with Crippen LogP contribution in [0.15, 0.2) is 18.2 Å². The molecule has 0 saturated heterocycles. The number of amides is 1. The van der Waals surface area contributed by atoms with E-state index >= 15 is 0 Å². The number of aliphatic hydroxyl groups is 1. The van der Waals surface area contributed by atoms with Crippen LogP contribution in [0.5, 0.6) is 0 Å². The molecule has 1 atom stereocenters. The summed E-state index contributed by atoms with van der Waals surface area (Å²) in [5, 5.41) is 21.3. The highest BCUT2D eigenvalue weighted by Crippen LogP contribution is 2.19. The molecule has 1 aromatic carbocycles. The fourth-order valence-corrected chi connectivity index (χ4v) is 1.28. The zero-order valence-electron chi connectivity index (χ0n) is 10.2. The van der Waals surface area contributed by atoms with Gasteiger partial charge in [0.25, 0.3) is 5.91 Å². The number of carbonyl (C=O) groups is 1. The molecule has 1 unspecified atom stereocenters. The Kier molecular flexibility index (Phi) is 3.87. The van der Waals surface area contributed by atoms with Crippen molar-refractivity contribution < 1.29 is 9.90 Å². The van der Waals surface area contributed by atoms with Crippen LogP contribution in [0.25, 0.3) is 0 Å². The third-order valence-corrected chi connectivity index (χ3v) is 2.72. The summed E-state index contributed by atoms with van der Waals surface area (Å²) in [6.07, 6.45) is 0.312. The van der Waals surface area contributed by atoms with E-state index in [-0.39, 0.29) is 0 Å². The van der Waals surface area contributed by atoms with Gasteiger partial charge in [-0.25, -0.2) is 0 Å². The quantitative estimate of drug-likeness (QED) is 0.836. The van der Waals surface area contributed by atoms with Crippen molar-refractivity contribution in [3.63, 3.8) is 0 Å². The molecule has 0 spiro atoms. The lowest BCUT2D eigenvalue weighted by Gasteiger charge is -2.20. The Morgan fingerprint density at radius 2 is 2.24 bits per heavy atom. The molecule has 17 heavy (non-hydrogen) atoms. The van der Waals surface area contributed by atoms with Gasteiger partial charge in [0.1, 0.15) is 11.7 Å². The zero-order chi connectivity index (χ0) is 13.1. The SMILES string of the molecule is CCC(C)(O)C(=O)Nc1ccc(C)cc1C#N.